The smallest absolute Gasteiger partial charge is 0.269 e. The summed E-state index contributed by atoms with van der Waals surface area (Å²) < 4.78 is 92.3. The van der Waals surface area contributed by atoms with Crippen LogP contribution in [0, 0.1) is 29.1 Å². The molecular weight excluding hydrogens is 261 g/mol. The Morgan fingerprint density at radius 3 is 1.44 bits per heavy atom. The van der Waals surface area contributed by atoms with Gasteiger partial charge in [0, 0.05) is 0 Å². The Bertz CT molecular complexity index is 515. The van der Waals surface area contributed by atoms with E-state index in [-0.39, 0.29) is 0 Å². The SMILES string of the molecule is O=S(=O)(O)Nc1c(F)c(F)c(F)c(F)c1F. The lowest BCUT2D eigenvalue weighted by atomic mass is 10.2. The van der Waals surface area contributed by atoms with Crippen LogP contribution in [-0.2, 0) is 10.3 Å². The van der Waals surface area contributed by atoms with Crippen LogP contribution in [0.2, 0.25) is 0 Å². The van der Waals surface area contributed by atoms with E-state index in [1.165, 1.54) is 0 Å². The lowest BCUT2D eigenvalue weighted by Gasteiger charge is -2.07. The van der Waals surface area contributed by atoms with Gasteiger partial charge in [-0.25, -0.2) is 22.0 Å². The molecule has 0 aliphatic carbocycles. The second-order valence-corrected chi connectivity index (χ2v) is 3.68. The molecule has 16 heavy (non-hydrogen) atoms. The molecule has 1 aromatic carbocycles. The summed E-state index contributed by atoms with van der Waals surface area (Å²) in [5, 5.41) is 0. The molecule has 4 nitrogen and oxygen atoms in total. The van der Waals surface area contributed by atoms with E-state index in [1.807, 2.05) is 0 Å². The first-order valence-electron chi connectivity index (χ1n) is 3.41. The maximum atomic E-state index is 12.8. The van der Waals surface area contributed by atoms with Crippen LogP contribution in [0.3, 0.4) is 0 Å². The van der Waals surface area contributed by atoms with Gasteiger partial charge in [0.2, 0.25) is 5.82 Å². The number of halogens is 5. The highest BCUT2D eigenvalue weighted by Crippen LogP contribution is 2.27. The second kappa shape index (κ2) is 3.87. The summed E-state index contributed by atoms with van der Waals surface area (Å²) in [5.41, 5.74) is -1.85. The Balaban J connectivity index is 3.52. The summed E-state index contributed by atoms with van der Waals surface area (Å²) in [5.74, 6) is -11.9. The predicted molar refractivity (Wildman–Crippen MR) is 41.4 cm³/mol. The van der Waals surface area contributed by atoms with Gasteiger partial charge in [-0.1, -0.05) is 0 Å². The molecule has 90 valence electrons. The highest BCUT2D eigenvalue weighted by Gasteiger charge is 2.27. The minimum atomic E-state index is -5.15. The Kier molecular flexibility index (Phi) is 3.06. The Hall–Kier alpha value is -1.42. The number of nitrogens with one attached hydrogen (secondary N) is 1. The molecule has 0 aliphatic rings. The fourth-order valence-corrected chi connectivity index (χ4v) is 1.26. The van der Waals surface area contributed by atoms with Gasteiger partial charge in [-0.2, -0.15) is 8.42 Å². The van der Waals surface area contributed by atoms with Crippen molar-refractivity contribution in [3.63, 3.8) is 0 Å². The second-order valence-electron chi connectivity index (χ2n) is 2.52. The molecule has 0 unspecified atom stereocenters. The lowest BCUT2D eigenvalue weighted by Crippen LogP contribution is -2.16. The summed E-state index contributed by atoms with van der Waals surface area (Å²) in [4.78, 5) is 0. The molecule has 0 saturated heterocycles. The van der Waals surface area contributed by atoms with E-state index in [2.05, 4.69) is 0 Å². The molecule has 2 N–H and O–H groups in total. The Morgan fingerprint density at radius 1 is 0.812 bits per heavy atom. The van der Waals surface area contributed by atoms with E-state index in [1.54, 1.807) is 0 Å². The van der Waals surface area contributed by atoms with Gasteiger partial charge in [0.05, 0.1) is 0 Å². The molecule has 1 rings (SSSR count). The first-order chi connectivity index (χ1) is 7.15. The summed E-state index contributed by atoms with van der Waals surface area (Å²) in [6.45, 7) is 0. The third-order valence-corrected chi connectivity index (χ3v) is 1.90. The molecule has 0 amide bonds. The summed E-state index contributed by atoms with van der Waals surface area (Å²) >= 11 is 0. The summed E-state index contributed by atoms with van der Waals surface area (Å²) in [6.07, 6.45) is 0. The van der Waals surface area contributed by atoms with Crippen molar-refractivity contribution in [2.75, 3.05) is 4.72 Å². The van der Waals surface area contributed by atoms with Crippen LogP contribution in [0.15, 0.2) is 0 Å². The zero-order valence-electron chi connectivity index (χ0n) is 7.06. The molecule has 0 aromatic heterocycles. The van der Waals surface area contributed by atoms with Crippen molar-refractivity contribution in [1.82, 2.24) is 0 Å². The molecular formula is C6H2F5NO3S. The average molecular weight is 263 g/mol. The maximum absolute atomic E-state index is 12.8. The minimum absolute atomic E-state index is 0.758. The molecule has 10 heteroatoms. The zero-order valence-corrected chi connectivity index (χ0v) is 7.88. The molecule has 0 radical (unpaired) electrons. The molecule has 0 bridgehead atoms. The highest BCUT2D eigenvalue weighted by molar-refractivity contribution is 7.87. The van der Waals surface area contributed by atoms with Crippen LogP contribution in [0.25, 0.3) is 0 Å². The number of rotatable bonds is 2. The third kappa shape index (κ3) is 2.22. The predicted octanol–water partition coefficient (Wildman–Crippen LogP) is 1.60. The van der Waals surface area contributed by atoms with E-state index < -0.39 is 45.1 Å². The van der Waals surface area contributed by atoms with Crippen molar-refractivity contribution in [2.45, 2.75) is 0 Å². The van der Waals surface area contributed by atoms with Crippen LogP contribution < -0.4 is 4.72 Å². The lowest BCUT2D eigenvalue weighted by molar-refractivity contribution is 0.381. The molecule has 0 spiro atoms. The summed E-state index contributed by atoms with van der Waals surface area (Å²) in [6, 6.07) is 0. The van der Waals surface area contributed by atoms with E-state index in [0.717, 1.165) is 4.72 Å². The zero-order chi connectivity index (χ0) is 12.7. The van der Waals surface area contributed by atoms with Crippen molar-refractivity contribution < 1.29 is 34.9 Å². The van der Waals surface area contributed by atoms with Gasteiger partial charge in [-0.3, -0.25) is 9.27 Å². The van der Waals surface area contributed by atoms with Crippen molar-refractivity contribution in [3.8, 4) is 0 Å². The number of hydrogen-bond acceptors (Lipinski definition) is 2. The molecule has 0 saturated carbocycles. The van der Waals surface area contributed by atoms with Crippen LogP contribution in [0.4, 0.5) is 27.6 Å². The fraction of sp³-hybridized carbons (Fsp3) is 0. The average Bonchev–Trinajstić information content (AvgIpc) is 2.17. The van der Waals surface area contributed by atoms with E-state index in [4.69, 9.17) is 4.55 Å². The molecule has 0 heterocycles. The number of benzene rings is 1. The molecule has 1 aromatic rings. The number of hydrogen-bond donors (Lipinski definition) is 2. The van der Waals surface area contributed by atoms with Gasteiger partial charge in [-0.15, -0.1) is 0 Å². The Morgan fingerprint density at radius 2 is 1.12 bits per heavy atom. The van der Waals surface area contributed by atoms with Crippen molar-refractivity contribution in [2.24, 2.45) is 0 Å². The third-order valence-electron chi connectivity index (χ3n) is 1.44. The minimum Gasteiger partial charge on any atom is -0.269 e. The van der Waals surface area contributed by atoms with Crippen molar-refractivity contribution in [1.29, 1.82) is 0 Å². The molecule has 0 aliphatic heterocycles. The normalized spacial score (nSPS) is 11.6. The largest absolute Gasteiger partial charge is 0.357 e. The maximum Gasteiger partial charge on any atom is 0.357 e. The van der Waals surface area contributed by atoms with Crippen LogP contribution in [0.1, 0.15) is 0 Å². The summed E-state index contributed by atoms with van der Waals surface area (Å²) in [7, 11) is -5.15. The molecule has 0 atom stereocenters. The van der Waals surface area contributed by atoms with Crippen LogP contribution in [0.5, 0.6) is 0 Å². The van der Waals surface area contributed by atoms with E-state index in [0.29, 0.717) is 0 Å². The van der Waals surface area contributed by atoms with E-state index in [9.17, 15) is 30.4 Å². The van der Waals surface area contributed by atoms with Gasteiger partial charge in [0.1, 0.15) is 5.69 Å². The first-order valence-corrected chi connectivity index (χ1v) is 4.86. The fourth-order valence-electron chi connectivity index (χ4n) is 0.823. The highest BCUT2D eigenvalue weighted by atomic mass is 32.2. The van der Waals surface area contributed by atoms with Crippen LogP contribution >= 0.6 is 0 Å². The monoisotopic (exact) mass is 263 g/mol. The van der Waals surface area contributed by atoms with Crippen LogP contribution in [-0.4, -0.2) is 13.0 Å². The van der Waals surface area contributed by atoms with Gasteiger partial charge < -0.3 is 0 Å². The van der Waals surface area contributed by atoms with Gasteiger partial charge in [0.15, 0.2) is 23.3 Å². The van der Waals surface area contributed by atoms with Gasteiger partial charge >= 0.3 is 10.3 Å². The standard InChI is InChI=1S/C6H2F5NO3S/c7-1-2(8)4(10)6(5(11)3(1)9)12-16(13,14)15/h12H,(H,13,14,15). The van der Waals surface area contributed by atoms with Crippen molar-refractivity contribution in [3.05, 3.63) is 29.1 Å². The molecule has 0 fully saturated rings. The van der Waals surface area contributed by atoms with Gasteiger partial charge in [0.25, 0.3) is 0 Å². The topological polar surface area (TPSA) is 66.4 Å². The number of anilines is 1. The van der Waals surface area contributed by atoms with E-state index >= 15 is 0 Å². The van der Waals surface area contributed by atoms with Gasteiger partial charge in [-0.05, 0) is 0 Å². The van der Waals surface area contributed by atoms with Crippen molar-refractivity contribution >= 4 is 16.0 Å². The first kappa shape index (κ1) is 12.6. The Labute approximate surface area is 85.6 Å². The quantitative estimate of drug-likeness (QED) is 0.368.